The molecule has 4 nitrogen and oxygen atoms in total. The molecule has 124 valence electrons. The van der Waals surface area contributed by atoms with Crippen LogP contribution in [0.15, 0.2) is 36.4 Å². The average molecular weight is 331 g/mol. The summed E-state index contributed by atoms with van der Waals surface area (Å²) >= 11 is 0. The number of methoxy groups -OCH3 is 1. The highest BCUT2D eigenvalue weighted by Gasteiger charge is 2.31. The second-order valence-corrected chi connectivity index (χ2v) is 4.64. The lowest BCUT2D eigenvalue weighted by molar-refractivity contribution is -0.274. The van der Waals surface area contributed by atoms with Gasteiger partial charge in [-0.25, -0.2) is 4.39 Å². The molecule has 0 saturated heterocycles. The molecule has 23 heavy (non-hydrogen) atoms. The molecule has 2 aromatic carbocycles. The molecule has 2 aromatic rings. The van der Waals surface area contributed by atoms with Crippen molar-refractivity contribution in [3.05, 3.63) is 53.3 Å². The van der Waals surface area contributed by atoms with Crippen LogP contribution in [0.5, 0.6) is 17.2 Å². The first-order valence-electron chi connectivity index (χ1n) is 6.39. The van der Waals surface area contributed by atoms with Crippen molar-refractivity contribution in [3.8, 4) is 17.2 Å². The number of halogens is 4. The maximum absolute atomic E-state index is 13.5. The fraction of sp³-hybridized carbons (Fsp3) is 0.200. The predicted octanol–water partition coefficient (Wildman–Crippen LogP) is 3.49. The Kier molecular flexibility index (Phi) is 4.65. The van der Waals surface area contributed by atoms with Crippen molar-refractivity contribution < 1.29 is 32.1 Å². The van der Waals surface area contributed by atoms with E-state index in [1.165, 1.54) is 19.2 Å². The number of hydrogen-bond donors (Lipinski definition) is 2. The van der Waals surface area contributed by atoms with Gasteiger partial charge in [0.15, 0.2) is 11.5 Å². The van der Waals surface area contributed by atoms with Crippen LogP contribution in [0.25, 0.3) is 0 Å². The van der Waals surface area contributed by atoms with Gasteiger partial charge in [-0.2, -0.15) is 0 Å². The molecule has 0 saturated carbocycles. The molecule has 0 aromatic heterocycles. The van der Waals surface area contributed by atoms with E-state index in [2.05, 4.69) is 4.74 Å². The minimum absolute atomic E-state index is 0.0475. The van der Waals surface area contributed by atoms with E-state index in [1.807, 2.05) is 0 Å². The van der Waals surface area contributed by atoms with E-state index in [4.69, 9.17) is 10.5 Å². The van der Waals surface area contributed by atoms with E-state index < -0.39 is 24.0 Å². The zero-order valence-electron chi connectivity index (χ0n) is 11.9. The average Bonchev–Trinajstić information content (AvgIpc) is 2.47. The number of phenols is 1. The molecule has 2 rings (SSSR count). The van der Waals surface area contributed by atoms with E-state index in [1.54, 1.807) is 0 Å². The minimum Gasteiger partial charge on any atom is -0.504 e. The molecule has 0 spiro atoms. The second-order valence-electron chi connectivity index (χ2n) is 4.64. The SMILES string of the molecule is COc1cc(F)cc([C@@H](N)c2ccc(OC(F)(F)F)cc2)c1O. The van der Waals surface area contributed by atoms with Gasteiger partial charge in [0.2, 0.25) is 0 Å². The topological polar surface area (TPSA) is 64.7 Å². The van der Waals surface area contributed by atoms with Crippen LogP contribution < -0.4 is 15.2 Å². The van der Waals surface area contributed by atoms with E-state index in [9.17, 15) is 22.7 Å². The number of benzene rings is 2. The Morgan fingerprint density at radius 3 is 2.26 bits per heavy atom. The Morgan fingerprint density at radius 1 is 1.13 bits per heavy atom. The maximum Gasteiger partial charge on any atom is 0.573 e. The second kappa shape index (κ2) is 6.33. The molecule has 0 radical (unpaired) electrons. The van der Waals surface area contributed by atoms with Gasteiger partial charge in [0, 0.05) is 11.6 Å². The van der Waals surface area contributed by atoms with Crippen molar-refractivity contribution in [3.63, 3.8) is 0 Å². The molecule has 0 unspecified atom stereocenters. The largest absolute Gasteiger partial charge is 0.573 e. The molecule has 0 bridgehead atoms. The highest BCUT2D eigenvalue weighted by atomic mass is 19.4. The van der Waals surface area contributed by atoms with Gasteiger partial charge in [-0.3, -0.25) is 0 Å². The summed E-state index contributed by atoms with van der Waals surface area (Å²) in [5, 5.41) is 10.0. The summed E-state index contributed by atoms with van der Waals surface area (Å²) in [6.45, 7) is 0. The van der Waals surface area contributed by atoms with Crippen molar-refractivity contribution in [2.75, 3.05) is 7.11 Å². The third-order valence-electron chi connectivity index (χ3n) is 3.10. The monoisotopic (exact) mass is 331 g/mol. The summed E-state index contributed by atoms with van der Waals surface area (Å²) in [6, 6.07) is 5.81. The van der Waals surface area contributed by atoms with Gasteiger partial charge in [-0.15, -0.1) is 13.2 Å². The van der Waals surface area contributed by atoms with Crippen molar-refractivity contribution in [1.82, 2.24) is 0 Å². The fourth-order valence-electron chi connectivity index (χ4n) is 2.04. The Labute approximate surface area is 129 Å². The molecule has 0 aliphatic rings. The molecular weight excluding hydrogens is 318 g/mol. The summed E-state index contributed by atoms with van der Waals surface area (Å²) in [5.41, 5.74) is 6.35. The van der Waals surface area contributed by atoms with E-state index in [0.29, 0.717) is 5.56 Å². The van der Waals surface area contributed by atoms with Crippen molar-refractivity contribution in [1.29, 1.82) is 0 Å². The van der Waals surface area contributed by atoms with E-state index >= 15 is 0 Å². The molecule has 0 heterocycles. The van der Waals surface area contributed by atoms with Crippen LogP contribution in [-0.4, -0.2) is 18.6 Å². The zero-order valence-corrected chi connectivity index (χ0v) is 11.9. The maximum atomic E-state index is 13.5. The lowest BCUT2D eigenvalue weighted by atomic mass is 9.98. The molecule has 8 heteroatoms. The highest BCUT2D eigenvalue weighted by Crippen LogP contribution is 2.36. The van der Waals surface area contributed by atoms with Crippen LogP contribution in [0.2, 0.25) is 0 Å². The van der Waals surface area contributed by atoms with Gasteiger partial charge >= 0.3 is 6.36 Å². The molecule has 0 fully saturated rings. The number of nitrogens with two attached hydrogens (primary N) is 1. The van der Waals surface area contributed by atoms with Gasteiger partial charge in [0.1, 0.15) is 11.6 Å². The Balaban J connectivity index is 2.31. The van der Waals surface area contributed by atoms with Crippen molar-refractivity contribution in [2.24, 2.45) is 5.73 Å². The smallest absolute Gasteiger partial charge is 0.504 e. The number of hydrogen-bond acceptors (Lipinski definition) is 4. The minimum atomic E-state index is -4.79. The fourth-order valence-corrected chi connectivity index (χ4v) is 2.04. The van der Waals surface area contributed by atoms with Gasteiger partial charge in [0.05, 0.1) is 13.2 Å². The van der Waals surface area contributed by atoms with E-state index in [0.717, 1.165) is 24.3 Å². The first-order valence-corrected chi connectivity index (χ1v) is 6.39. The zero-order chi connectivity index (χ0) is 17.2. The predicted molar refractivity (Wildman–Crippen MR) is 73.8 cm³/mol. The number of phenolic OH excluding ortho intramolecular Hbond substituents is 1. The summed E-state index contributed by atoms with van der Waals surface area (Å²) < 4.78 is 58.4. The third-order valence-corrected chi connectivity index (χ3v) is 3.10. The van der Waals surface area contributed by atoms with Crippen LogP contribution in [-0.2, 0) is 0 Å². The molecule has 0 aliphatic carbocycles. The number of rotatable bonds is 4. The Bertz CT molecular complexity index is 686. The molecule has 0 aliphatic heterocycles. The molecular formula is C15H13F4NO3. The first kappa shape index (κ1) is 16.9. The van der Waals surface area contributed by atoms with Crippen LogP contribution in [0.4, 0.5) is 17.6 Å². The normalized spacial score (nSPS) is 12.8. The van der Waals surface area contributed by atoms with E-state index in [-0.39, 0.29) is 17.1 Å². The Morgan fingerprint density at radius 2 is 1.74 bits per heavy atom. The van der Waals surface area contributed by atoms with Crippen molar-refractivity contribution in [2.45, 2.75) is 12.4 Å². The number of alkyl halides is 3. The number of aromatic hydroxyl groups is 1. The van der Waals surface area contributed by atoms with Gasteiger partial charge in [-0.1, -0.05) is 12.1 Å². The van der Waals surface area contributed by atoms with Crippen molar-refractivity contribution >= 4 is 0 Å². The molecule has 0 amide bonds. The van der Waals surface area contributed by atoms with Gasteiger partial charge in [0.25, 0.3) is 0 Å². The summed E-state index contributed by atoms with van der Waals surface area (Å²) in [6.07, 6.45) is -4.79. The lowest BCUT2D eigenvalue weighted by Gasteiger charge is -2.17. The van der Waals surface area contributed by atoms with Crippen LogP contribution >= 0.6 is 0 Å². The Hall–Kier alpha value is -2.48. The van der Waals surface area contributed by atoms with Gasteiger partial charge in [-0.05, 0) is 23.8 Å². The summed E-state index contributed by atoms with van der Waals surface area (Å²) in [4.78, 5) is 0. The van der Waals surface area contributed by atoms with Gasteiger partial charge < -0.3 is 20.3 Å². The quantitative estimate of drug-likeness (QED) is 0.842. The summed E-state index contributed by atoms with van der Waals surface area (Å²) in [7, 11) is 1.26. The lowest BCUT2D eigenvalue weighted by Crippen LogP contribution is -2.17. The molecule has 1 atom stereocenters. The van der Waals surface area contributed by atoms with Crippen LogP contribution in [0.1, 0.15) is 17.2 Å². The number of ether oxygens (including phenoxy) is 2. The summed E-state index contributed by atoms with van der Waals surface area (Å²) in [5.74, 6) is -1.50. The third kappa shape index (κ3) is 4.04. The first-order chi connectivity index (χ1) is 10.7. The van der Waals surface area contributed by atoms with Crippen LogP contribution in [0, 0.1) is 5.82 Å². The molecule has 3 N–H and O–H groups in total. The standard InChI is InChI=1S/C15H13F4NO3/c1-22-12-7-9(16)6-11(14(12)21)13(20)8-2-4-10(5-3-8)23-15(17,18)19/h2-7,13,21H,20H2,1H3/t13-/m0/s1. The van der Waals surface area contributed by atoms with Crippen LogP contribution in [0.3, 0.4) is 0 Å². The highest BCUT2D eigenvalue weighted by molar-refractivity contribution is 5.50.